The Labute approximate surface area is 160 Å². The van der Waals surface area contributed by atoms with Crippen molar-refractivity contribution in [3.63, 3.8) is 0 Å². The van der Waals surface area contributed by atoms with Gasteiger partial charge in [0, 0.05) is 30.0 Å². The molecule has 0 saturated carbocycles. The molecule has 6 nitrogen and oxygen atoms in total. The summed E-state index contributed by atoms with van der Waals surface area (Å²) in [5, 5.41) is 11.3. The number of hydrogen-bond donors (Lipinski definition) is 2. The number of benzene rings is 1. The first-order valence-electron chi connectivity index (χ1n) is 8.98. The van der Waals surface area contributed by atoms with Crippen LogP contribution < -0.4 is 5.32 Å². The van der Waals surface area contributed by atoms with Crippen LogP contribution in [0.4, 0.5) is 4.79 Å². The fourth-order valence-electron chi connectivity index (χ4n) is 3.83. The van der Waals surface area contributed by atoms with Gasteiger partial charge in [-0.2, -0.15) is 0 Å². The monoisotopic (exact) mass is 384 g/mol. The van der Waals surface area contributed by atoms with Gasteiger partial charge in [-0.25, -0.2) is 4.79 Å². The van der Waals surface area contributed by atoms with E-state index in [2.05, 4.69) is 11.4 Å². The normalized spacial score (nSPS) is 18.6. The van der Waals surface area contributed by atoms with Gasteiger partial charge in [0.05, 0.1) is 10.9 Å². The van der Waals surface area contributed by atoms with Crippen molar-refractivity contribution in [2.45, 2.75) is 32.2 Å². The third-order valence-corrected chi connectivity index (χ3v) is 6.50. The second-order valence-electron chi connectivity index (χ2n) is 7.10. The van der Waals surface area contributed by atoms with E-state index < -0.39 is 6.09 Å². The number of carbonyl (C=O) groups excluding carboxylic acids is 2. The molecule has 140 valence electrons. The van der Waals surface area contributed by atoms with Gasteiger partial charge >= 0.3 is 6.09 Å². The number of thiophene rings is 1. The number of rotatable bonds is 3. The van der Waals surface area contributed by atoms with E-state index in [0.29, 0.717) is 30.8 Å². The van der Waals surface area contributed by atoms with E-state index in [-0.39, 0.29) is 17.7 Å². The highest BCUT2D eigenvalue weighted by molar-refractivity contribution is 7.17. The summed E-state index contributed by atoms with van der Waals surface area (Å²) >= 11 is 1.46. The Kier molecular flexibility index (Phi) is 4.47. The lowest BCUT2D eigenvalue weighted by Gasteiger charge is -2.16. The van der Waals surface area contributed by atoms with Crippen LogP contribution in [0.25, 0.3) is 10.4 Å². The van der Waals surface area contributed by atoms with Crippen molar-refractivity contribution in [2.24, 2.45) is 0 Å². The van der Waals surface area contributed by atoms with Crippen molar-refractivity contribution in [1.82, 2.24) is 10.2 Å². The largest absolute Gasteiger partial charge is 0.465 e. The molecule has 2 heterocycles. The molecule has 1 fully saturated rings. The molecule has 2 N–H and O–H groups in total. The number of nitrogens with zero attached hydrogens (tertiary/aromatic N) is 1. The zero-order valence-corrected chi connectivity index (χ0v) is 15.8. The van der Waals surface area contributed by atoms with E-state index in [1.165, 1.54) is 11.3 Å². The minimum atomic E-state index is -1.06. The van der Waals surface area contributed by atoms with Gasteiger partial charge < -0.3 is 15.3 Å². The Hall–Kier alpha value is -2.67. The molecule has 1 saturated heterocycles. The molecule has 0 bridgehead atoms. The van der Waals surface area contributed by atoms with Gasteiger partial charge in [0.1, 0.15) is 0 Å². The van der Waals surface area contributed by atoms with Crippen molar-refractivity contribution in [2.75, 3.05) is 13.1 Å². The predicted molar refractivity (Wildman–Crippen MR) is 103 cm³/mol. The van der Waals surface area contributed by atoms with Crippen LogP contribution in [0.1, 0.15) is 44.0 Å². The van der Waals surface area contributed by atoms with Crippen molar-refractivity contribution >= 4 is 29.1 Å². The molecular formula is C20H20N2O4S. The molecule has 27 heavy (non-hydrogen) atoms. The summed E-state index contributed by atoms with van der Waals surface area (Å²) in [6.07, 6.45) is 0.934. The Morgan fingerprint density at radius 1 is 1.26 bits per heavy atom. The number of carbonyl (C=O) groups is 3. The minimum absolute atomic E-state index is 0.0465. The standard InChI is InChI=1S/C20H20N2O4S/c1-11-8-17(13-2-4-15-12(9-13)3-5-16(15)23)27-18(11)19(24)22-7-6-14(10-22)21-20(25)26/h2,4,8-9,14,21H,3,5-7,10H2,1H3,(H,25,26)/t14-/m0/s1. The Morgan fingerprint density at radius 3 is 2.85 bits per heavy atom. The first-order chi connectivity index (χ1) is 12.9. The molecule has 1 aromatic heterocycles. The highest BCUT2D eigenvalue weighted by Gasteiger charge is 2.30. The van der Waals surface area contributed by atoms with Crippen molar-refractivity contribution in [3.05, 3.63) is 45.8 Å². The lowest BCUT2D eigenvalue weighted by atomic mass is 10.0. The first kappa shape index (κ1) is 17.7. The van der Waals surface area contributed by atoms with Crippen LogP contribution in [-0.4, -0.2) is 46.9 Å². The number of fused-ring (bicyclic) bond motifs is 1. The van der Waals surface area contributed by atoms with E-state index in [0.717, 1.165) is 33.6 Å². The van der Waals surface area contributed by atoms with Crippen LogP contribution in [0.15, 0.2) is 24.3 Å². The smallest absolute Gasteiger partial charge is 0.404 e. The van der Waals surface area contributed by atoms with Crippen LogP contribution in [0.3, 0.4) is 0 Å². The second-order valence-corrected chi connectivity index (χ2v) is 8.16. The van der Waals surface area contributed by atoms with Crippen molar-refractivity contribution in [3.8, 4) is 10.4 Å². The van der Waals surface area contributed by atoms with Crippen LogP contribution in [0, 0.1) is 6.92 Å². The Morgan fingerprint density at radius 2 is 2.07 bits per heavy atom. The Balaban J connectivity index is 1.55. The fraction of sp³-hybridized carbons (Fsp3) is 0.350. The van der Waals surface area contributed by atoms with Crippen LogP contribution in [-0.2, 0) is 6.42 Å². The van der Waals surface area contributed by atoms with Gasteiger partial charge in [-0.1, -0.05) is 12.1 Å². The highest BCUT2D eigenvalue weighted by Crippen LogP contribution is 2.35. The van der Waals surface area contributed by atoms with Gasteiger partial charge in [0.25, 0.3) is 5.91 Å². The molecule has 7 heteroatoms. The molecule has 1 aliphatic heterocycles. The van der Waals surface area contributed by atoms with E-state index in [1.807, 2.05) is 25.1 Å². The SMILES string of the molecule is Cc1cc(-c2ccc3c(c2)CCC3=O)sc1C(=O)N1CC[C@H](NC(=O)O)C1. The first-order valence-corrected chi connectivity index (χ1v) is 9.79. The number of hydrogen-bond acceptors (Lipinski definition) is 4. The summed E-state index contributed by atoms with van der Waals surface area (Å²) in [6.45, 7) is 2.88. The van der Waals surface area contributed by atoms with Crippen LogP contribution >= 0.6 is 11.3 Å². The summed E-state index contributed by atoms with van der Waals surface area (Å²) in [7, 11) is 0. The molecule has 1 aliphatic carbocycles. The van der Waals surface area contributed by atoms with Gasteiger partial charge in [-0.15, -0.1) is 11.3 Å². The molecule has 2 aliphatic rings. The van der Waals surface area contributed by atoms with E-state index in [4.69, 9.17) is 5.11 Å². The van der Waals surface area contributed by atoms with E-state index in [1.54, 1.807) is 4.90 Å². The number of ketones is 1. The predicted octanol–water partition coefficient (Wildman–Crippen LogP) is 3.33. The van der Waals surface area contributed by atoms with Crippen molar-refractivity contribution in [1.29, 1.82) is 0 Å². The lowest BCUT2D eigenvalue weighted by molar-refractivity contribution is 0.0792. The molecule has 2 amide bonds. The highest BCUT2D eigenvalue weighted by atomic mass is 32.1. The van der Waals surface area contributed by atoms with E-state index in [9.17, 15) is 14.4 Å². The molecule has 0 unspecified atom stereocenters. The average Bonchev–Trinajstić information content (AvgIpc) is 3.33. The zero-order chi connectivity index (χ0) is 19.1. The maximum Gasteiger partial charge on any atom is 0.404 e. The number of Topliss-reactive ketones (excluding diaryl/α,β-unsaturated/α-hetero) is 1. The minimum Gasteiger partial charge on any atom is -0.465 e. The number of likely N-dealkylation sites (tertiary alicyclic amines) is 1. The topological polar surface area (TPSA) is 86.7 Å². The second kappa shape index (κ2) is 6.81. The third kappa shape index (κ3) is 3.35. The van der Waals surface area contributed by atoms with Gasteiger partial charge in [-0.05, 0) is 48.6 Å². The molecule has 1 aromatic carbocycles. The van der Waals surface area contributed by atoms with Gasteiger partial charge in [-0.3, -0.25) is 9.59 Å². The molecular weight excluding hydrogens is 364 g/mol. The van der Waals surface area contributed by atoms with Gasteiger partial charge in [0.2, 0.25) is 0 Å². The maximum atomic E-state index is 12.9. The number of aryl methyl sites for hydroxylation is 2. The zero-order valence-electron chi connectivity index (χ0n) is 14.9. The van der Waals surface area contributed by atoms with E-state index >= 15 is 0 Å². The molecule has 4 rings (SSSR count). The maximum absolute atomic E-state index is 12.9. The molecule has 0 spiro atoms. The fourth-order valence-corrected chi connectivity index (χ4v) is 4.96. The Bertz CT molecular complexity index is 949. The summed E-state index contributed by atoms with van der Waals surface area (Å²) in [5.74, 6) is 0.156. The summed E-state index contributed by atoms with van der Waals surface area (Å²) < 4.78 is 0. The molecule has 1 atom stereocenters. The average molecular weight is 384 g/mol. The van der Waals surface area contributed by atoms with Crippen LogP contribution in [0.5, 0.6) is 0 Å². The summed E-state index contributed by atoms with van der Waals surface area (Å²) in [6, 6.07) is 7.70. The summed E-state index contributed by atoms with van der Waals surface area (Å²) in [5.41, 5.74) is 3.85. The quantitative estimate of drug-likeness (QED) is 0.850. The molecule has 2 aromatic rings. The van der Waals surface area contributed by atoms with Crippen LogP contribution in [0.2, 0.25) is 0 Å². The van der Waals surface area contributed by atoms with Gasteiger partial charge in [0.15, 0.2) is 5.78 Å². The number of nitrogens with one attached hydrogen (secondary N) is 1. The van der Waals surface area contributed by atoms with Crippen molar-refractivity contribution < 1.29 is 19.5 Å². The number of carboxylic acid groups (broad SMARTS) is 1. The molecule has 0 radical (unpaired) electrons. The number of amides is 2. The third-order valence-electron chi connectivity index (χ3n) is 5.23. The lowest BCUT2D eigenvalue weighted by Crippen LogP contribution is -2.37. The summed E-state index contributed by atoms with van der Waals surface area (Å²) in [4.78, 5) is 38.9.